The summed E-state index contributed by atoms with van der Waals surface area (Å²) in [6.45, 7) is 0.306. The largest absolute Gasteiger partial charge is 0.464 e. The van der Waals surface area contributed by atoms with Gasteiger partial charge in [0.25, 0.3) is 0 Å². The number of fused-ring (bicyclic) bond motifs is 2. The third-order valence-corrected chi connectivity index (χ3v) is 7.73. The number of aryl methyl sites for hydroxylation is 1. The van der Waals surface area contributed by atoms with Crippen molar-refractivity contribution in [2.45, 2.75) is 49.1 Å². The van der Waals surface area contributed by atoms with Crippen LogP contribution in [0.1, 0.15) is 31.2 Å². The van der Waals surface area contributed by atoms with Crippen LogP contribution in [0.5, 0.6) is 0 Å². The van der Waals surface area contributed by atoms with Crippen LogP contribution >= 0.6 is 0 Å². The molecule has 0 aromatic heterocycles. The molecule has 5 nitrogen and oxygen atoms in total. The summed E-state index contributed by atoms with van der Waals surface area (Å²) in [7, 11) is -3.70. The van der Waals surface area contributed by atoms with E-state index in [9.17, 15) is 13.2 Å². The highest BCUT2D eigenvalue weighted by Crippen LogP contribution is 2.45. The molecule has 1 saturated heterocycles. The number of piperidine rings is 1. The van der Waals surface area contributed by atoms with Crippen LogP contribution in [-0.4, -0.2) is 37.4 Å². The summed E-state index contributed by atoms with van der Waals surface area (Å²) in [5, 5.41) is 0. The molecule has 28 heavy (non-hydrogen) atoms. The summed E-state index contributed by atoms with van der Waals surface area (Å²) in [6.07, 6.45) is 4.00. The Morgan fingerprint density at radius 1 is 1.00 bits per heavy atom. The first-order valence-electron chi connectivity index (χ1n) is 9.86. The molecule has 6 heteroatoms. The van der Waals surface area contributed by atoms with Gasteiger partial charge in [0.2, 0.25) is 10.0 Å². The molecule has 0 spiro atoms. The van der Waals surface area contributed by atoms with Crippen LogP contribution in [0.25, 0.3) is 0 Å². The zero-order valence-corrected chi connectivity index (χ0v) is 16.6. The van der Waals surface area contributed by atoms with Gasteiger partial charge in [-0.15, -0.1) is 0 Å². The van der Waals surface area contributed by atoms with Gasteiger partial charge in [0, 0.05) is 6.04 Å². The number of esters is 1. The summed E-state index contributed by atoms with van der Waals surface area (Å²) in [6, 6.07) is 17.6. The van der Waals surface area contributed by atoms with Crippen molar-refractivity contribution in [3.05, 3.63) is 66.2 Å². The molecular formula is C22H25NO4S. The number of nitrogens with zero attached hydrogens (tertiary/aromatic N) is 1. The Balaban J connectivity index is 1.43. The molecule has 148 valence electrons. The molecule has 0 unspecified atom stereocenters. The molecule has 1 saturated carbocycles. The molecule has 0 amide bonds. The van der Waals surface area contributed by atoms with E-state index in [1.165, 1.54) is 9.87 Å². The van der Waals surface area contributed by atoms with Crippen LogP contribution in [0.3, 0.4) is 0 Å². The third kappa shape index (κ3) is 3.71. The fraction of sp³-hybridized carbons (Fsp3) is 0.409. The Morgan fingerprint density at radius 3 is 2.39 bits per heavy atom. The lowest BCUT2D eigenvalue weighted by molar-refractivity contribution is -0.149. The number of hydrogen-bond acceptors (Lipinski definition) is 4. The van der Waals surface area contributed by atoms with E-state index in [-0.39, 0.29) is 16.9 Å². The van der Waals surface area contributed by atoms with E-state index < -0.39 is 22.0 Å². The second-order valence-corrected chi connectivity index (χ2v) is 9.42. The van der Waals surface area contributed by atoms with Crippen molar-refractivity contribution in [3.63, 3.8) is 0 Å². The average Bonchev–Trinajstić information content (AvgIpc) is 3.34. The summed E-state index contributed by atoms with van der Waals surface area (Å²) in [4.78, 5) is 13.0. The molecule has 1 aliphatic carbocycles. The smallest absolute Gasteiger partial charge is 0.324 e. The normalized spacial score (nSPS) is 24.4. The van der Waals surface area contributed by atoms with E-state index in [0.29, 0.717) is 6.61 Å². The van der Waals surface area contributed by atoms with Crippen molar-refractivity contribution in [2.24, 2.45) is 5.92 Å². The lowest BCUT2D eigenvalue weighted by atomic mass is 10.0. The summed E-state index contributed by atoms with van der Waals surface area (Å²) >= 11 is 0. The molecular weight excluding hydrogens is 374 g/mol. The van der Waals surface area contributed by atoms with Crippen LogP contribution in [0.4, 0.5) is 0 Å². The summed E-state index contributed by atoms with van der Waals surface area (Å²) < 4.78 is 33.3. The maximum atomic E-state index is 13.2. The number of sulfonamides is 1. The minimum absolute atomic E-state index is 0.0603. The van der Waals surface area contributed by atoms with E-state index in [1.807, 2.05) is 30.3 Å². The third-order valence-electron chi connectivity index (χ3n) is 5.78. The fourth-order valence-electron chi connectivity index (χ4n) is 4.48. The number of benzene rings is 2. The van der Waals surface area contributed by atoms with Gasteiger partial charge < -0.3 is 4.74 Å². The van der Waals surface area contributed by atoms with Crippen LogP contribution in [0.2, 0.25) is 0 Å². The highest BCUT2D eigenvalue weighted by molar-refractivity contribution is 7.89. The van der Waals surface area contributed by atoms with Gasteiger partial charge in [0.05, 0.1) is 11.5 Å². The maximum absolute atomic E-state index is 13.2. The Labute approximate surface area is 166 Å². The van der Waals surface area contributed by atoms with Crippen molar-refractivity contribution in [1.82, 2.24) is 4.31 Å². The second kappa shape index (κ2) is 8.05. The number of carbonyl (C=O) groups is 1. The standard InChI is InChI=1S/C22H25NO4S/c24-22(27-15-7-10-17-8-3-1-4-9-17)21-18-13-14-19(16-18)23(21)28(25,26)20-11-5-2-6-12-20/h1-6,8-9,11-12,18-19,21H,7,10,13-16H2/t18-,19+,21+/m1/s1. The van der Waals surface area contributed by atoms with Gasteiger partial charge in [-0.1, -0.05) is 48.5 Å². The summed E-state index contributed by atoms with van der Waals surface area (Å²) in [5.41, 5.74) is 1.20. The predicted octanol–water partition coefficient (Wildman–Crippen LogP) is 3.40. The Bertz CT molecular complexity index is 914. The first-order chi connectivity index (χ1) is 13.6. The fourth-order valence-corrected chi connectivity index (χ4v) is 6.37. The zero-order chi connectivity index (χ0) is 19.6. The Kier molecular flexibility index (Phi) is 5.51. The number of carbonyl (C=O) groups excluding carboxylic acids is 1. The molecule has 2 fully saturated rings. The first kappa shape index (κ1) is 19.2. The van der Waals surface area contributed by atoms with E-state index in [4.69, 9.17) is 4.74 Å². The van der Waals surface area contributed by atoms with Gasteiger partial charge in [0.15, 0.2) is 0 Å². The predicted molar refractivity (Wildman–Crippen MR) is 106 cm³/mol. The first-order valence-corrected chi connectivity index (χ1v) is 11.3. The minimum atomic E-state index is -3.70. The molecule has 1 aliphatic heterocycles. The van der Waals surface area contributed by atoms with Gasteiger partial charge in [-0.25, -0.2) is 8.42 Å². The van der Waals surface area contributed by atoms with Crippen molar-refractivity contribution in [3.8, 4) is 0 Å². The molecule has 2 aromatic carbocycles. The van der Waals surface area contributed by atoms with Gasteiger partial charge in [-0.05, 0) is 55.7 Å². The van der Waals surface area contributed by atoms with Crippen LogP contribution < -0.4 is 0 Å². The van der Waals surface area contributed by atoms with Gasteiger partial charge >= 0.3 is 5.97 Å². The quantitative estimate of drug-likeness (QED) is 0.529. The molecule has 2 aromatic rings. The van der Waals surface area contributed by atoms with Gasteiger partial charge in [-0.2, -0.15) is 4.31 Å². The molecule has 0 N–H and O–H groups in total. The lowest BCUT2D eigenvalue weighted by Crippen LogP contribution is -2.49. The zero-order valence-electron chi connectivity index (χ0n) is 15.7. The lowest BCUT2D eigenvalue weighted by Gasteiger charge is -2.32. The monoisotopic (exact) mass is 399 g/mol. The van der Waals surface area contributed by atoms with Crippen LogP contribution in [0.15, 0.2) is 65.6 Å². The van der Waals surface area contributed by atoms with E-state index in [0.717, 1.165) is 32.1 Å². The molecule has 1 heterocycles. The highest BCUT2D eigenvalue weighted by Gasteiger charge is 2.55. The Morgan fingerprint density at radius 2 is 1.68 bits per heavy atom. The highest BCUT2D eigenvalue weighted by atomic mass is 32.2. The Hall–Kier alpha value is -2.18. The van der Waals surface area contributed by atoms with Crippen molar-refractivity contribution in [2.75, 3.05) is 6.61 Å². The molecule has 0 radical (unpaired) electrons. The van der Waals surface area contributed by atoms with Gasteiger partial charge in [0.1, 0.15) is 6.04 Å². The maximum Gasteiger partial charge on any atom is 0.324 e. The second-order valence-electron chi connectivity index (χ2n) is 7.58. The van der Waals surface area contributed by atoms with E-state index in [1.54, 1.807) is 30.3 Å². The van der Waals surface area contributed by atoms with Crippen LogP contribution in [0, 0.1) is 5.92 Å². The number of rotatable bonds is 7. The molecule has 4 rings (SSSR count). The summed E-state index contributed by atoms with van der Waals surface area (Å²) in [5.74, 6) is -0.343. The van der Waals surface area contributed by atoms with Gasteiger partial charge in [-0.3, -0.25) is 4.79 Å². The van der Waals surface area contributed by atoms with E-state index in [2.05, 4.69) is 0 Å². The average molecular weight is 400 g/mol. The molecule has 2 bridgehead atoms. The van der Waals surface area contributed by atoms with Crippen molar-refractivity contribution >= 4 is 16.0 Å². The number of hydrogen-bond donors (Lipinski definition) is 0. The SMILES string of the molecule is O=C(OCCCc1ccccc1)[C@@H]1[C@@H]2CC[C@@H](C2)N1S(=O)(=O)c1ccccc1. The topological polar surface area (TPSA) is 63.7 Å². The van der Waals surface area contributed by atoms with E-state index >= 15 is 0 Å². The number of ether oxygens (including phenoxy) is 1. The van der Waals surface area contributed by atoms with Crippen molar-refractivity contribution in [1.29, 1.82) is 0 Å². The van der Waals surface area contributed by atoms with Crippen molar-refractivity contribution < 1.29 is 17.9 Å². The minimum Gasteiger partial charge on any atom is -0.464 e. The molecule has 3 atom stereocenters. The van der Waals surface area contributed by atoms with Crippen LogP contribution in [-0.2, 0) is 26.0 Å². The molecule has 2 aliphatic rings.